The molecule has 2 rings (SSSR count). The van der Waals surface area contributed by atoms with Gasteiger partial charge >= 0.3 is 5.97 Å². The summed E-state index contributed by atoms with van der Waals surface area (Å²) in [6, 6.07) is 10.4. The summed E-state index contributed by atoms with van der Waals surface area (Å²) in [7, 11) is 0. The lowest BCUT2D eigenvalue weighted by Gasteiger charge is -2.08. The highest BCUT2D eigenvalue weighted by Gasteiger charge is 2.12. The van der Waals surface area contributed by atoms with Crippen LogP contribution in [0.4, 0.5) is 10.1 Å². The summed E-state index contributed by atoms with van der Waals surface area (Å²) in [5.74, 6) is -1.09. The fourth-order valence-electron chi connectivity index (χ4n) is 1.92. The summed E-state index contributed by atoms with van der Waals surface area (Å²) in [6.45, 7) is 3.79. The Balaban J connectivity index is 2.04. The summed E-state index contributed by atoms with van der Waals surface area (Å²) in [5.41, 5.74) is 8.47. The summed E-state index contributed by atoms with van der Waals surface area (Å²) < 4.78 is 18.7. The van der Waals surface area contributed by atoms with Gasteiger partial charge in [-0.1, -0.05) is 31.2 Å². The molecule has 2 aromatic carbocycles. The summed E-state index contributed by atoms with van der Waals surface area (Å²) >= 11 is 0. The molecule has 0 aliphatic heterocycles. The third-order valence-electron chi connectivity index (χ3n) is 3.42. The molecule has 0 aromatic heterocycles. The monoisotopic (exact) mass is 287 g/mol. The van der Waals surface area contributed by atoms with E-state index in [1.165, 1.54) is 11.6 Å². The van der Waals surface area contributed by atoms with Gasteiger partial charge in [0, 0.05) is 11.3 Å². The molecule has 0 saturated heterocycles. The topological polar surface area (TPSA) is 52.3 Å². The molecule has 110 valence electrons. The van der Waals surface area contributed by atoms with E-state index in [-0.39, 0.29) is 17.9 Å². The van der Waals surface area contributed by atoms with E-state index < -0.39 is 11.8 Å². The lowest BCUT2D eigenvalue weighted by atomic mass is 10.1. The number of anilines is 1. The average Bonchev–Trinajstić information content (AvgIpc) is 2.50. The molecule has 0 radical (unpaired) electrons. The maximum atomic E-state index is 13.6. The molecule has 0 amide bonds. The molecular weight excluding hydrogens is 269 g/mol. The molecule has 0 unspecified atom stereocenters. The van der Waals surface area contributed by atoms with Crippen LogP contribution in [0.15, 0.2) is 36.4 Å². The van der Waals surface area contributed by atoms with Crippen molar-refractivity contribution in [2.45, 2.75) is 26.9 Å². The van der Waals surface area contributed by atoms with E-state index in [2.05, 4.69) is 6.92 Å². The van der Waals surface area contributed by atoms with Gasteiger partial charge < -0.3 is 10.5 Å². The zero-order valence-corrected chi connectivity index (χ0v) is 12.2. The fraction of sp³-hybridized carbons (Fsp3) is 0.235. The molecule has 0 fully saturated rings. The normalized spacial score (nSPS) is 10.4. The Morgan fingerprint density at radius 2 is 1.81 bits per heavy atom. The Labute approximate surface area is 123 Å². The van der Waals surface area contributed by atoms with Crippen LogP contribution in [-0.2, 0) is 17.8 Å². The highest BCUT2D eigenvalue weighted by molar-refractivity contribution is 5.90. The number of carbonyl (C=O) groups excluding carboxylic acids is 1. The van der Waals surface area contributed by atoms with E-state index in [1.807, 2.05) is 24.3 Å². The number of nitrogen functional groups attached to an aromatic ring is 1. The predicted molar refractivity (Wildman–Crippen MR) is 80.5 cm³/mol. The highest BCUT2D eigenvalue weighted by Crippen LogP contribution is 2.18. The third-order valence-corrected chi connectivity index (χ3v) is 3.42. The highest BCUT2D eigenvalue weighted by atomic mass is 19.1. The van der Waals surface area contributed by atoms with Crippen molar-refractivity contribution in [2.24, 2.45) is 0 Å². The Kier molecular flexibility index (Phi) is 4.58. The van der Waals surface area contributed by atoms with E-state index in [0.29, 0.717) is 5.56 Å². The largest absolute Gasteiger partial charge is 0.457 e. The van der Waals surface area contributed by atoms with Gasteiger partial charge in [0.2, 0.25) is 0 Å². The molecule has 0 aliphatic carbocycles. The van der Waals surface area contributed by atoms with Gasteiger partial charge in [-0.15, -0.1) is 0 Å². The molecule has 2 N–H and O–H groups in total. The summed E-state index contributed by atoms with van der Waals surface area (Å²) in [6.07, 6.45) is 0.960. The maximum Gasteiger partial charge on any atom is 0.338 e. The van der Waals surface area contributed by atoms with E-state index in [4.69, 9.17) is 10.5 Å². The van der Waals surface area contributed by atoms with Crippen LogP contribution in [0.1, 0.15) is 34.0 Å². The van der Waals surface area contributed by atoms with Crippen molar-refractivity contribution in [3.8, 4) is 0 Å². The van der Waals surface area contributed by atoms with Crippen molar-refractivity contribution >= 4 is 11.7 Å². The van der Waals surface area contributed by atoms with Crippen LogP contribution in [0, 0.1) is 12.7 Å². The summed E-state index contributed by atoms with van der Waals surface area (Å²) in [5, 5.41) is 0. The Bertz CT molecular complexity index is 627. The fourth-order valence-corrected chi connectivity index (χ4v) is 1.92. The number of hydrogen-bond donors (Lipinski definition) is 1. The molecular formula is C17H18FNO2. The minimum absolute atomic E-state index is 0.126. The second-order valence-electron chi connectivity index (χ2n) is 4.92. The Hall–Kier alpha value is -2.36. The van der Waals surface area contributed by atoms with E-state index >= 15 is 0 Å². The second kappa shape index (κ2) is 6.39. The number of benzene rings is 2. The molecule has 0 bridgehead atoms. The van der Waals surface area contributed by atoms with Crippen LogP contribution in [0.2, 0.25) is 0 Å². The van der Waals surface area contributed by atoms with Crippen molar-refractivity contribution in [1.82, 2.24) is 0 Å². The van der Waals surface area contributed by atoms with Gasteiger partial charge in [-0.3, -0.25) is 0 Å². The number of nitrogens with two attached hydrogens (primary N) is 1. The quantitative estimate of drug-likeness (QED) is 0.690. The van der Waals surface area contributed by atoms with Gasteiger partial charge in [0.05, 0.1) is 5.56 Å². The van der Waals surface area contributed by atoms with Crippen molar-refractivity contribution < 1.29 is 13.9 Å². The molecule has 0 spiro atoms. The van der Waals surface area contributed by atoms with Crippen molar-refractivity contribution in [2.75, 3.05) is 5.73 Å². The van der Waals surface area contributed by atoms with Gasteiger partial charge in [-0.25, -0.2) is 9.18 Å². The van der Waals surface area contributed by atoms with Crippen LogP contribution < -0.4 is 5.73 Å². The average molecular weight is 287 g/mol. The lowest BCUT2D eigenvalue weighted by molar-refractivity contribution is 0.0472. The molecule has 0 atom stereocenters. The van der Waals surface area contributed by atoms with Crippen LogP contribution in [-0.4, -0.2) is 5.97 Å². The predicted octanol–water partition coefficient (Wildman–Crippen LogP) is 3.64. The Morgan fingerprint density at radius 1 is 1.19 bits per heavy atom. The van der Waals surface area contributed by atoms with Crippen LogP contribution in [0.3, 0.4) is 0 Å². The van der Waals surface area contributed by atoms with E-state index in [9.17, 15) is 9.18 Å². The minimum Gasteiger partial charge on any atom is -0.457 e. The number of esters is 1. The molecule has 0 saturated carbocycles. The molecule has 2 aromatic rings. The van der Waals surface area contributed by atoms with Crippen molar-refractivity contribution in [1.29, 1.82) is 0 Å². The van der Waals surface area contributed by atoms with Gasteiger partial charge in [0.25, 0.3) is 0 Å². The first-order valence-corrected chi connectivity index (χ1v) is 6.81. The molecule has 0 aliphatic rings. The number of ether oxygens (including phenoxy) is 1. The van der Waals surface area contributed by atoms with Gasteiger partial charge in [-0.2, -0.15) is 0 Å². The first-order chi connectivity index (χ1) is 10.0. The number of hydrogen-bond acceptors (Lipinski definition) is 3. The lowest BCUT2D eigenvalue weighted by Crippen LogP contribution is -2.07. The molecule has 4 heteroatoms. The first-order valence-electron chi connectivity index (χ1n) is 6.81. The molecule has 21 heavy (non-hydrogen) atoms. The van der Waals surface area contributed by atoms with Gasteiger partial charge in [0.15, 0.2) is 0 Å². The van der Waals surface area contributed by atoms with E-state index in [1.54, 1.807) is 6.92 Å². The molecule has 0 heterocycles. The van der Waals surface area contributed by atoms with Crippen molar-refractivity contribution in [3.63, 3.8) is 0 Å². The Morgan fingerprint density at radius 3 is 2.38 bits per heavy atom. The van der Waals surface area contributed by atoms with Gasteiger partial charge in [0.1, 0.15) is 12.4 Å². The molecule has 3 nitrogen and oxygen atoms in total. The second-order valence-corrected chi connectivity index (χ2v) is 4.92. The minimum atomic E-state index is -0.583. The number of aryl methyl sites for hydroxylation is 1. The SMILES string of the molecule is CCc1ccc(COC(=O)c2cc(N)c(C)c(F)c2)cc1. The zero-order valence-electron chi connectivity index (χ0n) is 12.2. The van der Waals surface area contributed by atoms with Crippen LogP contribution >= 0.6 is 0 Å². The van der Waals surface area contributed by atoms with Gasteiger partial charge in [-0.05, 0) is 36.6 Å². The van der Waals surface area contributed by atoms with E-state index in [0.717, 1.165) is 18.1 Å². The number of carbonyl (C=O) groups is 1. The van der Waals surface area contributed by atoms with Crippen molar-refractivity contribution in [3.05, 3.63) is 64.5 Å². The first kappa shape index (κ1) is 15.0. The number of halogens is 1. The summed E-state index contributed by atoms with van der Waals surface area (Å²) in [4.78, 5) is 11.9. The third kappa shape index (κ3) is 3.60. The smallest absolute Gasteiger partial charge is 0.338 e. The van der Waals surface area contributed by atoms with Crippen LogP contribution in [0.5, 0.6) is 0 Å². The zero-order chi connectivity index (χ0) is 15.4. The standard InChI is InChI=1S/C17H18FNO2/c1-3-12-4-6-13(7-5-12)10-21-17(20)14-8-15(18)11(2)16(19)9-14/h4-9H,3,10,19H2,1-2H3. The van der Waals surface area contributed by atoms with Crippen LogP contribution in [0.25, 0.3) is 0 Å². The maximum absolute atomic E-state index is 13.6. The number of rotatable bonds is 4.